The predicted octanol–water partition coefficient (Wildman–Crippen LogP) is 3.77. The Balaban J connectivity index is 1.42. The summed E-state index contributed by atoms with van der Waals surface area (Å²) in [6, 6.07) is 9.45. The fraction of sp³-hybridized carbons (Fsp3) is 0.571. The number of fused-ring (bicyclic) bond motifs is 1. The number of piperazine rings is 1. The first kappa shape index (κ1) is 25.1. The van der Waals surface area contributed by atoms with Gasteiger partial charge in [-0.25, -0.2) is 4.98 Å². The van der Waals surface area contributed by atoms with E-state index in [2.05, 4.69) is 69.1 Å². The Morgan fingerprint density at radius 3 is 2.50 bits per heavy atom. The van der Waals surface area contributed by atoms with Crippen LogP contribution in [-0.2, 0) is 11.3 Å². The molecular weight excluding hydrogens is 452 g/mol. The van der Waals surface area contributed by atoms with Crippen molar-refractivity contribution < 1.29 is 9.84 Å². The smallest absolute Gasteiger partial charge is 0.224 e. The minimum atomic E-state index is -0.183. The predicted molar refractivity (Wildman–Crippen MR) is 144 cm³/mol. The standard InChI is InChI=1S/C28H40N6O2/c1-20(19-36-3)30-28-29-16-25-26(18-34(27(25)31-28)23-8-10-24(35)11-9-23)22-6-4-21(5-7-22)17-33-14-12-32(2)13-15-33/h4-7,16,18,20,23-24,35H,8-15,17,19H2,1-3H3,(H,29,30,31)/t20?,23-,24-. The van der Waals surface area contributed by atoms with Crippen LogP contribution < -0.4 is 5.32 Å². The zero-order chi connectivity index (χ0) is 25.1. The Morgan fingerprint density at radius 1 is 1.08 bits per heavy atom. The van der Waals surface area contributed by atoms with Gasteiger partial charge >= 0.3 is 0 Å². The van der Waals surface area contributed by atoms with Gasteiger partial charge in [-0.1, -0.05) is 24.3 Å². The van der Waals surface area contributed by atoms with Gasteiger partial charge in [0.25, 0.3) is 0 Å². The zero-order valence-corrected chi connectivity index (χ0v) is 21.9. The molecule has 0 spiro atoms. The Morgan fingerprint density at radius 2 is 1.81 bits per heavy atom. The first-order chi connectivity index (χ1) is 17.5. The lowest BCUT2D eigenvalue weighted by Crippen LogP contribution is -2.43. The van der Waals surface area contributed by atoms with Gasteiger partial charge in [0, 0.05) is 75.3 Å². The van der Waals surface area contributed by atoms with Gasteiger partial charge < -0.3 is 24.6 Å². The molecule has 1 saturated carbocycles. The molecule has 0 radical (unpaired) electrons. The van der Waals surface area contributed by atoms with Gasteiger partial charge in [-0.15, -0.1) is 0 Å². The molecule has 1 unspecified atom stereocenters. The van der Waals surface area contributed by atoms with E-state index < -0.39 is 0 Å². The minimum absolute atomic E-state index is 0.119. The summed E-state index contributed by atoms with van der Waals surface area (Å²) in [5, 5.41) is 14.5. The van der Waals surface area contributed by atoms with Crippen molar-refractivity contribution >= 4 is 17.0 Å². The van der Waals surface area contributed by atoms with Crippen LogP contribution in [0.5, 0.6) is 0 Å². The molecule has 1 aliphatic heterocycles. The molecule has 0 amide bonds. The average Bonchev–Trinajstić information content (AvgIpc) is 3.25. The number of ether oxygens (including phenoxy) is 1. The van der Waals surface area contributed by atoms with Crippen LogP contribution in [0.15, 0.2) is 36.7 Å². The highest BCUT2D eigenvalue weighted by Gasteiger charge is 2.24. The number of hydrogen-bond donors (Lipinski definition) is 2. The molecule has 2 aliphatic rings. The summed E-state index contributed by atoms with van der Waals surface area (Å²) in [7, 11) is 3.90. The van der Waals surface area contributed by atoms with Crippen LogP contribution >= 0.6 is 0 Å². The maximum atomic E-state index is 10.1. The van der Waals surface area contributed by atoms with Crippen LogP contribution in [0.25, 0.3) is 22.2 Å². The second kappa shape index (κ2) is 11.3. The van der Waals surface area contributed by atoms with Crippen molar-refractivity contribution in [3.05, 3.63) is 42.2 Å². The number of aliphatic hydroxyl groups is 1. The summed E-state index contributed by atoms with van der Waals surface area (Å²) < 4.78 is 7.59. The zero-order valence-electron chi connectivity index (χ0n) is 21.9. The van der Waals surface area contributed by atoms with Gasteiger partial charge in [0.05, 0.1) is 12.7 Å². The summed E-state index contributed by atoms with van der Waals surface area (Å²) >= 11 is 0. The minimum Gasteiger partial charge on any atom is -0.393 e. The Bertz CT molecular complexity index is 1130. The van der Waals surface area contributed by atoms with Gasteiger partial charge in [0.2, 0.25) is 5.95 Å². The van der Waals surface area contributed by atoms with E-state index in [9.17, 15) is 5.11 Å². The number of rotatable bonds is 8. The number of anilines is 1. The van der Waals surface area contributed by atoms with Crippen molar-refractivity contribution in [3.63, 3.8) is 0 Å². The number of methoxy groups -OCH3 is 1. The summed E-state index contributed by atoms with van der Waals surface area (Å²) in [6.07, 6.45) is 7.61. The maximum Gasteiger partial charge on any atom is 0.224 e. The summed E-state index contributed by atoms with van der Waals surface area (Å²) in [5.74, 6) is 0.622. The van der Waals surface area contributed by atoms with Crippen LogP contribution in [0.1, 0.15) is 44.2 Å². The molecule has 2 N–H and O–H groups in total. The molecular formula is C28H40N6O2. The van der Waals surface area contributed by atoms with Crippen molar-refractivity contribution in [3.8, 4) is 11.1 Å². The van der Waals surface area contributed by atoms with Crippen molar-refractivity contribution in [2.24, 2.45) is 0 Å². The number of nitrogens with one attached hydrogen (secondary N) is 1. The van der Waals surface area contributed by atoms with Crippen LogP contribution in [0.4, 0.5) is 5.95 Å². The summed E-state index contributed by atoms with van der Waals surface area (Å²) in [5.41, 5.74) is 4.66. The van der Waals surface area contributed by atoms with Gasteiger partial charge in [0.1, 0.15) is 5.65 Å². The van der Waals surface area contributed by atoms with Gasteiger partial charge in [-0.2, -0.15) is 4.98 Å². The van der Waals surface area contributed by atoms with Crippen LogP contribution in [0.2, 0.25) is 0 Å². The number of benzene rings is 1. The topological polar surface area (TPSA) is 78.7 Å². The molecule has 1 aliphatic carbocycles. The molecule has 3 aromatic rings. The van der Waals surface area contributed by atoms with Crippen molar-refractivity contribution in [1.82, 2.24) is 24.3 Å². The molecule has 8 nitrogen and oxygen atoms in total. The van der Waals surface area contributed by atoms with Crippen molar-refractivity contribution in [2.45, 2.75) is 57.3 Å². The van der Waals surface area contributed by atoms with E-state index in [4.69, 9.17) is 9.72 Å². The first-order valence-corrected chi connectivity index (χ1v) is 13.3. The molecule has 3 heterocycles. The Hall–Kier alpha value is -2.52. The van der Waals surface area contributed by atoms with E-state index in [1.165, 1.54) is 16.7 Å². The van der Waals surface area contributed by atoms with Gasteiger partial charge in [0.15, 0.2) is 0 Å². The van der Waals surface area contributed by atoms with E-state index in [1.807, 2.05) is 6.20 Å². The fourth-order valence-corrected chi connectivity index (χ4v) is 5.51. The third-order valence-electron chi connectivity index (χ3n) is 7.69. The molecule has 8 heteroatoms. The molecule has 5 rings (SSSR count). The van der Waals surface area contributed by atoms with Gasteiger partial charge in [-0.05, 0) is 50.8 Å². The monoisotopic (exact) mass is 492 g/mol. The highest BCUT2D eigenvalue weighted by atomic mass is 16.5. The van der Waals surface area contributed by atoms with E-state index >= 15 is 0 Å². The number of aliphatic hydroxyl groups excluding tert-OH is 1. The first-order valence-electron chi connectivity index (χ1n) is 13.3. The maximum absolute atomic E-state index is 10.1. The molecule has 2 aromatic heterocycles. The van der Waals surface area contributed by atoms with Crippen molar-refractivity contribution in [2.75, 3.05) is 52.3 Å². The van der Waals surface area contributed by atoms with Crippen molar-refractivity contribution in [1.29, 1.82) is 0 Å². The average molecular weight is 493 g/mol. The number of likely N-dealkylation sites (N-methyl/N-ethyl adjacent to an activating group) is 1. The van der Waals surface area contributed by atoms with Gasteiger partial charge in [-0.3, -0.25) is 4.90 Å². The van der Waals surface area contributed by atoms with Crippen LogP contribution in [-0.4, -0.2) is 88.5 Å². The fourth-order valence-electron chi connectivity index (χ4n) is 5.51. The Labute approximate surface area is 214 Å². The SMILES string of the molecule is COCC(C)Nc1ncc2c(-c3ccc(CN4CCN(C)CC4)cc3)cn([C@H]3CC[C@H](O)CC3)c2n1. The largest absolute Gasteiger partial charge is 0.393 e. The Kier molecular flexibility index (Phi) is 7.86. The normalized spacial score (nSPS) is 22.7. The second-order valence-corrected chi connectivity index (χ2v) is 10.6. The number of nitrogens with zero attached hydrogens (tertiary/aromatic N) is 5. The second-order valence-electron chi connectivity index (χ2n) is 10.6. The highest BCUT2D eigenvalue weighted by molar-refractivity contribution is 5.94. The summed E-state index contributed by atoms with van der Waals surface area (Å²) in [6.45, 7) is 8.17. The molecule has 194 valence electrons. The van der Waals surface area contributed by atoms with E-state index in [1.54, 1.807) is 7.11 Å². The molecule has 0 bridgehead atoms. The van der Waals surface area contributed by atoms with Crippen LogP contribution in [0.3, 0.4) is 0 Å². The van der Waals surface area contributed by atoms with E-state index in [0.717, 1.165) is 69.4 Å². The molecule has 1 atom stereocenters. The highest BCUT2D eigenvalue weighted by Crippen LogP contribution is 2.36. The van der Waals surface area contributed by atoms with E-state index in [0.29, 0.717) is 18.6 Å². The third kappa shape index (κ3) is 5.72. The quantitative estimate of drug-likeness (QED) is 0.496. The van der Waals surface area contributed by atoms with Crippen LogP contribution in [0, 0.1) is 0 Å². The lowest BCUT2D eigenvalue weighted by molar-refractivity contribution is 0.111. The number of aromatic nitrogens is 3. The molecule has 1 aromatic carbocycles. The number of hydrogen-bond acceptors (Lipinski definition) is 7. The molecule has 2 fully saturated rings. The molecule has 36 heavy (non-hydrogen) atoms. The third-order valence-corrected chi connectivity index (χ3v) is 7.69. The lowest BCUT2D eigenvalue weighted by Gasteiger charge is -2.32. The summed E-state index contributed by atoms with van der Waals surface area (Å²) in [4.78, 5) is 14.5. The lowest BCUT2D eigenvalue weighted by atomic mass is 9.93. The van der Waals surface area contributed by atoms with E-state index in [-0.39, 0.29) is 12.1 Å². The molecule has 1 saturated heterocycles.